The molecule has 1 aliphatic carbocycles. The predicted molar refractivity (Wildman–Crippen MR) is 212 cm³/mol. The average molecular weight is 769 g/mol. The molecule has 3 fully saturated rings. The number of piperazine rings is 1. The van der Waals surface area contributed by atoms with Gasteiger partial charge in [0.25, 0.3) is 5.91 Å². The predicted octanol–water partition coefficient (Wildman–Crippen LogP) is 5.00. The largest absolute Gasteiger partial charge is 0.507 e. The molecule has 0 radical (unpaired) electrons. The SMILES string of the molecule is Cc1cc(C[C@@H](OC(=O)N2CCC(N3CCc4ccccc4NC3=O)CC2)C(=O)N2CCC(N3CCN(CC(=O)OC4=CCCC=C4)CC3)CC2)cc(C)c1O. The zero-order chi connectivity index (χ0) is 39.2. The van der Waals surface area contributed by atoms with Crippen molar-refractivity contribution < 1.29 is 33.8 Å². The lowest BCUT2D eigenvalue weighted by Gasteiger charge is -2.43. The molecule has 56 heavy (non-hydrogen) atoms. The fourth-order valence-corrected chi connectivity index (χ4v) is 8.80. The Balaban J connectivity index is 0.920. The zero-order valence-corrected chi connectivity index (χ0v) is 32.8. The van der Waals surface area contributed by atoms with Crippen molar-refractivity contribution in [3.8, 4) is 5.75 Å². The third-order valence-electron chi connectivity index (χ3n) is 12.0. The standard InChI is InChI=1S/C43H56N6O7/c1-30-26-32(27-31(2)40(30)51)28-38(56-43(54)48-19-15-35(16-20-48)49-21-12-33-8-6-7-11-37(33)44-42(49)53)41(52)47-17-13-34(14-18-47)46-24-22-45(23-25-46)29-39(50)55-36-9-4-3-5-10-36/h4,6-11,26-27,34-35,38,51H,3,5,12-25,28-29H2,1-2H3,(H,44,53)/t38-/m1/s1. The van der Waals surface area contributed by atoms with Crippen molar-refractivity contribution in [3.63, 3.8) is 0 Å². The number of rotatable bonds is 9. The van der Waals surface area contributed by atoms with Gasteiger partial charge in [-0.3, -0.25) is 19.4 Å². The van der Waals surface area contributed by atoms with E-state index in [1.54, 1.807) is 4.90 Å². The molecule has 7 rings (SSSR count). The molecule has 5 aliphatic rings. The highest BCUT2D eigenvalue weighted by Gasteiger charge is 2.37. The summed E-state index contributed by atoms with van der Waals surface area (Å²) in [5, 5.41) is 13.5. The van der Waals surface area contributed by atoms with Gasteiger partial charge in [-0.2, -0.15) is 0 Å². The molecule has 4 heterocycles. The lowest BCUT2D eigenvalue weighted by atomic mass is 9.98. The van der Waals surface area contributed by atoms with E-state index in [9.17, 15) is 24.3 Å². The van der Waals surface area contributed by atoms with E-state index < -0.39 is 12.2 Å². The topological polar surface area (TPSA) is 135 Å². The second-order valence-corrected chi connectivity index (χ2v) is 15.8. The Morgan fingerprint density at radius 1 is 0.857 bits per heavy atom. The van der Waals surface area contributed by atoms with Crippen LogP contribution < -0.4 is 5.32 Å². The third kappa shape index (κ3) is 9.55. The van der Waals surface area contributed by atoms with Crippen molar-refractivity contribution in [3.05, 3.63) is 82.6 Å². The number of aryl methyl sites for hydroxylation is 2. The molecule has 13 heteroatoms. The zero-order valence-electron chi connectivity index (χ0n) is 32.8. The lowest BCUT2D eigenvalue weighted by Crippen LogP contribution is -2.55. The molecule has 4 amide bonds. The number of amides is 4. The first-order valence-electron chi connectivity index (χ1n) is 20.3. The number of anilines is 1. The van der Waals surface area contributed by atoms with Gasteiger partial charge in [0.1, 0.15) is 11.5 Å². The fourth-order valence-electron chi connectivity index (χ4n) is 8.80. The number of nitrogens with one attached hydrogen (secondary N) is 1. The molecule has 3 saturated heterocycles. The van der Waals surface area contributed by atoms with Gasteiger partial charge in [-0.1, -0.05) is 36.4 Å². The third-order valence-corrected chi connectivity index (χ3v) is 12.0. The highest BCUT2D eigenvalue weighted by atomic mass is 16.6. The van der Waals surface area contributed by atoms with Gasteiger partial charge in [0.15, 0.2) is 6.10 Å². The highest BCUT2D eigenvalue weighted by Crippen LogP contribution is 2.28. The first-order chi connectivity index (χ1) is 27.1. The van der Waals surface area contributed by atoms with Crippen LogP contribution in [-0.4, -0.2) is 137 Å². The number of hydrogen-bond donors (Lipinski definition) is 2. The van der Waals surface area contributed by atoms with Crippen molar-refractivity contribution in [1.29, 1.82) is 0 Å². The van der Waals surface area contributed by atoms with E-state index in [0.29, 0.717) is 68.5 Å². The van der Waals surface area contributed by atoms with Crippen LogP contribution in [0.5, 0.6) is 5.75 Å². The molecule has 0 saturated carbocycles. The Morgan fingerprint density at radius 3 is 2.23 bits per heavy atom. The Labute approximate surface area is 329 Å². The van der Waals surface area contributed by atoms with E-state index >= 15 is 0 Å². The number of likely N-dealkylation sites (tertiary alicyclic amines) is 2. The van der Waals surface area contributed by atoms with Crippen molar-refractivity contribution in [1.82, 2.24) is 24.5 Å². The van der Waals surface area contributed by atoms with Crippen LogP contribution in [-0.2, 0) is 31.9 Å². The Hall–Kier alpha value is -4.88. The molecule has 0 spiro atoms. The van der Waals surface area contributed by atoms with Crippen molar-refractivity contribution in [2.75, 3.05) is 70.8 Å². The maximum Gasteiger partial charge on any atom is 0.410 e. The van der Waals surface area contributed by atoms with Crippen molar-refractivity contribution >= 4 is 29.7 Å². The summed E-state index contributed by atoms with van der Waals surface area (Å²) in [6, 6.07) is 11.8. The van der Waals surface area contributed by atoms with Gasteiger partial charge in [-0.25, -0.2) is 9.59 Å². The molecule has 0 aromatic heterocycles. The number of allylic oxidation sites excluding steroid dienone is 3. The van der Waals surface area contributed by atoms with E-state index in [0.717, 1.165) is 75.1 Å². The summed E-state index contributed by atoms with van der Waals surface area (Å²) >= 11 is 0. The number of hydrogen-bond acceptors (Lipinski definition) is 9. The van der Waals surface area contributed by atoms with E-state index in [1.807, 2.05) is 78.3 Å². The average Bonchev–Trinajstić information content (AvgIpc) is 3.38. The molecular weight excluding hydrogens is 713 g/mol. The summed E-state index contributed by atoms with van der Waals surface area (Å²) in [5.41, 5.74) is 4.19. The van der Waals surface area contributed by atoms with Gasteiger partial charge in [0.05, 0.1) is 6.54 Å². The molecule has 2 aromatic rings. The number of ether oxygens (including phenoxy) is 2. The van der Waals surface area contributed by atoms with Gasteiger partial charge >= 0.3 is 18.1 Å². The number of nitrogens with zero attached hydrogens (tertiary/aromatic N) is 5. The first kappa shape index (κ1) is 39.4. The highest BCUT2D eigenvalue weighted by molar-refractivity contribution is 5.91. The van der Waals surface area contributed by atoms with Gasteiger partial charge in [0.2, 0.25) is 0 Å². The number of para-hydroxylation sites is 1. The van der Waals surface area contributed by atoms with Gasteiger partial charge in [-0.05, 0) is 99.3 Å². The molecule has 2 N–H and O–H groups in total. The van der Waals surface area contributed by atoms with Crippen LogP contribution in [0.1, 0.15) is 60.8 Å². The second kappa shape index (κ2) is 17.9. The minimum absolute atomic E-state index is 0.00343. The van der Waals surface area contributed by atoms with Gasteiger partial charge in [0, 0.05) is 83.1 Å². The van der Waals surface area contributed by atoms with Crippen LogP contribution in [0.2, 0.25) is 0 Å². The number of esters is 1. The summed E-state index contributed by atoms with van der Waals surface area (Å²) in [6.45, 7) is 9.77. The lowest BCUT2D eigenvalue weighted by molar-refractivity contribution is -0.142. The van der Waals surface area contributed by atoms with E-state index in [1.165, 1.54) is 0 Å². The summed E-state index contributed by atoms with van der Waals surface area (Å²) in [5.74, 6) is 0.422. The molecule has 0 unspecified atom stereocenters. The van der Waals surface area contributed by atoms with E-state index in [4.69, 9.17) is 9.47 Å². The fraction of sp³-hybridized carbons (Fsp3) is 0.535. The molecule has 13 nitrogen and oxygen atoms in total. The van der Waals surface area contributed by atoms with Crippen molar-refractivity contribution in [2.24, 2.45) is 0 Å². The number of urea groups is 1. The number of carbonyl (C=O) groups excluding carboxylic acids is 4. The van der Waals surface area contributed by atoms with Gasteiger partial charge < -0.3 is 34.6 Å². The number of piperidine rings is 2. The Kier molecular flexibility index (Phi) is 12.6. The first-order valence-corrected chi connectivity index (χ1v) is 20.3. The van der Waals surface area contributed by atoms with E-state index in [2.05, 4.69) is 15.1 Å². The summed E-state index contributed by atoms with van der Waals surface area (Å²) in [4.78, 5) is 63.6. The molecule has 4 aliphatic heterocycles. The molecule has 300 valence electrons. The smallest absolute Gasteiger partial charge is 0.410 e. The number of phenols is 1. The minimum atomic E-state index is -1.02. The number of phenolic OH excluding ortho intramolecular Hbond substituents is 1. The molecular formula is C43H56N6O7. The minimum Gasteiger partial charge on any atom is -0.507 e. The van der Waals surface area contributed by atoms with Crippen LogP contribution in [0.4, 0.5) is 15.3 Å². The maximum atomic E-state index is 14.2. The number of carbonyl (C=O) groups is 4. The van der Waals surface area contributed by atoms with Gasteiger partial charge in [-0.15, -0.1) is 0 Å². The van der Waals surface area contributed by atoms with Crippen LogP contribution in [0, 0.1) is 13.8 Å². The van der Waals surface area contributed by atoms with Crippen LogP contribution in [0.25, 0.3) is 0 Å². The number of aromatic hydroxyl groups is 1. The van der Waals surface area contributed by atoms with E-state index in [-0.39, 0.29) is 42.7 Å². The molecule has 1 atom stereocenters. The summed E-state index contributed by atoms with van der Waals surface area (Å²) in [6.07, 6.45) is 10.0. The summed E-state index contributed by atoms with van der Waals surface area (Å²) < 4.78 is 11.6. The Bertz CT molecular complexity index is 1800. The van der Waals surface area contributed by atoms with Crippen LogP contribution >= 0.6 is 0 Å². The normalized spacial score (nSPS) is 20.8. The van der Waals surface area contributed by atoms with Crippen LogP contribution in [0.3, 0.4) is 0 Å². The Morgan fingerprint density at radius 2 is 1.54 bits per heavy atom. The van der Waals surface area contributed by atoms with Crippen molar-refractivity contribution in [2.45, 2.75) is 83.4 Å². The monoisotopic (exact) mass is 768 g/mol. The molecule has 0 bridgehead atoms. The summed E-state index contributed by atoms with van der Waals surface area (Å²) in [7, 11) is 0. The molecule has 2 aromatic carbocycles. The second-order valence-electron chi connectivity index (χ2n) is 15.8. The quantitative estimate of drug-likeness (QED) is 0.338. The maximum absolute atomic E-state index is 14.2. The number of fused-ring (bicyclic) bond motifs is 1. The number of benzene rings is 2. The van der Waals surface area contributed by atoms with Crippen LogP contribution in [0.15, 0.2) is 60.4 Å².